The van der Waals surface area contributed by atoms with Crippen LogP contribution in [0, 0.1) is 11.8 Å². The summed E-state index contributed by atoms with van der Waals surface area (Å²) in [6.07, 6.45) is 1.02. The van der Waals surface area contributed by atoms with Crippen molar-refractivity contribution < 1.29 is 17.9 Å². The number of aryl methyl sites for hydroxylation is 1. The van der Waals surface area contributed by atoms with Crippen molar-refractivity contribution in [3.63, 3.8) is 0 Å². The second kappa shape index (κ2) is 8.30. The maximum Gasteiger partial charge on any atom is 0.573 e. The van der Waals surface area contributed by atoms with Gasteiger partial charge in [0, 0.05) is 0 Å². The summed E-state index contributed by atoms with van der Waals surface area (Å²) in [5.41, 5.74) is 1.06. The highest BCUT2D eigenvalue weighted by Gasteiger charge is 2.30. The number of ether oxygens (including phenoxy) is 1. The van der Waals surface area contributed by atoms with Crippen molar-refractivity contribution in [1.82, 2.24) is 0 Å². The van der Waals surface area contributed by atoms with Crippen LogP contribution < -0.4 is 4.74 Å². The first kappa shape index (κ1) is 17.9. The summed E-state index contributed by atoms with van der Waals surface area (Å²) in [6.45, 7) is 6.72. The molecule has 0 aromatic heterocycles. The predicted octanol–water partition coefficient (Wildman–Crippen LogP) is 5.98. The van der Waals surface area contributed by atoms with Crippen LogP contribution in [0.5, 0.6) is 5.75 Å². The maximum atomic E-state index is 12.1. The van der Waals surface area contributed by atoms with Gasteiger partial charge in [0.15, 0.2) is 0 Å². The molecule has 4 heteroatoms. The van der Waals surface area contributed by atoms with Crippen LogP contribution in [-0.2, 0) is 6.42 Å². The van der Waals surface area contributed by atoms with Crippen molar-refractivity contribution in [2.45, 2.75) is 59.2 Å². The molecule has 21 heavy (non-hydrogen) atoms. The zero-order valence-corrected chi connectivity index (χ0v) is 13.0. The van der Waals surface area contributed by atoms with Crippen molar-refractivity contribution in [3.05, 3.63) is 29.8 Å². The fourth-order valence-electron chi connectivity index (χ4n) is 2.19. The molecule has 0 N–H and O–H groups in total. The van der Waals surface area contributed by atoms with Crippen LogP contribution in [0.25, 0.3) is 0 Å². The monoisotopic (exact) mass is 302 g/mol. The molecule has 1 aromatic rings. The van der Waals surface area contributed by atoms with E-state index in [9.17, 15) is 13.2 Å². The van der Waals surface area contributed by atoms with Gasteiger partial charge >= 0.3 is 6.36 Å². The van der Waals surface area contributed by atoms with Crippen molar-refractivity contribution in [2.24, 2.45) is 11.8 Å². The molecule has 0 aliphatic carbocycles. The summed E-state index contributed by atoms with van der Waals surface area (Å²) in [5, 5.41) is 0. The number of hydrogen-bond donors (Lipinski definition) is 0. The molecular weight excluding hydrogens is 277 g/mol. The van der Waals surface area contributed by atoms with Crippen LogP contribution >= 0.6 is 0 Å². The predicted molar refractivity (Wildman–Crippen MR) is 79.3 cm³/mol. The van der Waals surface area contributed by atoms with E-state index in [1.54, 1.807) is 12.1 Å². The molecule has 0 spiro atoms. The van der Waals surface area contributed by atoms with Crippen LogP contribution in [0.4, 0.5) is 13.2 Å². The maximum absolute atomic E-state index is 12.1. The van der Waals surface area contributed by atoms with Crippen LogP contribution in [0.15, 0.2) is 24.3 Å². The van der Waals surface area contributed by atoms with E-state index in [-0.39, 0.29) is 5.75 Å². The summed E-state index contributed by atoms with van der Waals surface area (Å²) in [6, 6.07) is 6.18. The Kier molecular flexibility index (Phi) is 7.06. The molecule has 2 atom stereocenters. The van der Waals surface area contributed by atoms with E-state index < -0.39 is 6.36 Å². The Hall–Kier alpha value is -1.19. The molecule has 0 heterocycles. The van der Waals surface area contributed by atoms with E-state index in [1.165, 1.54) is 31.4 Å². The highest BCUT2D eigenvalue weighted by molar-refractivity contribution is 5.27. The molecule has 0 radical (unpaired) electrons. The van der Waals surface area contributed by atoms with E-state index in [0.29, 0.717) is 5.92 Å². The van der Waals surface area contributed by atoms with Crippen molar-refractivity contribution in [1.29, 1.82) is 0 Å². The second-order valence-corrected chi connectivity index (χ2v) is 5.93. The SMILES string of the molecule is CCC(C)CCC(C)CCc1ccc(OC(F)(F)F)cc1. The Morgan fingerprint density at radius 2 is 1.52 bits per heavy atom. The van der Waals surface area contributed by atoms with E-state index in [4.69, 9.17) is 0 Å². The minimum Gasteiger partial charge on any atom is -0.406 e. The van der Waals surface area contributed by atoms with Gasteiger partial charge in [-0.1, -0.05) is 52.2 Å². The molecular formula is C17H25F3O. The molecule has 0 saturated carbocycles. The van der Waals surface area contributed by atoms with Gasteiger partial charge in [-0.15, -0.1) is 13.2 Å². The molecule has 0 bridgehead atoms. The Labute approximate surface area is 125 Å². The van der Waals surface area contributed by atoms with Crippen LogP contribution in [0.3, 0.4) is 0 Å². The van der Waals surface area contributed by atoms with Gasteiger partial charge in [0.2, 0.25) is 0 Å². The lowest BCUT2D eigenvalue weighted by atomic mass is 9.92. The first-order valence-electron chi connectivity index (χ1n) is 7.64. The van der Waals surface area contributed by atoms with E-state index in [1.807, 2.05) is 0 Å². The van der Waals surface area contributed by atoms with Crippen molar-refractivity contribution in [2.75, 3.05) is 0 Å². The highest BCUT2D eigenvalue weighted by atomic mass is 19.4. The number of alkyl halides is 3. The second-order valence-electron chi connectivity index (χ2n) is 5.93. The molecule has 0 aliphatic rings. The molecule has 1 nitrogen and oxygen atoms in total. The molecule has 0 fully saturated rings. The summed E-state index contributed by atoms with van der Waals surface area (Å²) in [7, 11) is 0. The number of benzene rings is 1. The van der Waals surface area contributed by atoms with E-state index >= 15 is 0 Å². The normalized spacial score (nSPS) is 14.8. The van der Waals surface area contributed by atoms with Gasteiger partial charge < -0.3 is 4.74 Å². The molecule has 0 amide bonds. The number of halogens is 3. The fraction of sp³-hybridized carbons (Fsp3) is 0.647. The lowest BCUT2D eigenvalue weighted by Gasteiger charge is -2.14. The fourth-order valence-corrected chi connectivity index (χ4v) is 2.19. The average Bonchev–Trinajstić information content (AvgIpc) is 2.42. The Bertz CT molecular complexity index is 397. The van der Waals surface area contributed by atoms with Crippen LogP contribution in [0.1, 0.15) is 52.0 Å². The zero-order valence-electron chi connectivity index (χ0n) is 13.0. The molecule has 0 aliphatic heterocycles. The van der Waals surface area contributed by atoms with Crippen molar-refractivity contribution in [3.8, 4) is 5.75 Å². The molecule has 1 aromatic carbocycles. The third kappa shape index (κ3) is 7.98. The molecule has 120 valence electrons. The summed E-state index contributed by atoms with van der Waals surface area (Å²) < 4.78 is 40.0. The van der Waals surface area contributed by atoms with E-state index in [0.717, 1.165) is 24.3 Å². The largest absolute Gasteiger partial charge is 0.573 e. The minimum atomic E-state index is -4.62. The Morgan fingerprint density at radius 3 is 2.05 bits per heavy atom. The first-order chi connectivity index (χ1) is 9.80. The minimum absolute atomic E-state index is 0.156. The van der Waals surface area contributed by atoms with Gasteiger partial charge in [0.05, 0.1) is 0 Å². The van der Waals surface area contributed by atoms with Gasteiger partial charge in [-0.25, -0.2) is 0 Å². The number of rotatable bonds is 8. The molecule has 2 unspecified atom stereocenters. The number of hydrogen-bond acceptors (Lipinski definition) is 1. The topological polar surface area (TPSA) is 9.23 Å². The van der Waals surface area contributed by atoms with Crippen LogP contribution in [-0.4, -0.2) is 6.36 Å². The summed E-state index contributed by atoms with van der Waals surface area (Å²) in [4.78, 5) is 0. The Balaban J connectivity index is 2.35. The van der Waals surface area contributed by atoms with Gasteiger partial charge in [0.25, 0.3) is 0 Å². The highest BCUT2D eigenvalue weighted by Crippen LogP contribution is 2.24. The smallest absolute Gasteiger partial charge is 0.406 e. The third-order valence-corrected chi connectivity index (χ3v) is 3.93. The van der Waals surface area contributed by atoms with Gasteiger partial charge in [0.1, 0.15) is 5.75 Å². The lowest BCUT2D eigenvalue weighted by Crippen LogP contribution is -2.17. The standard InChI is InChI=1S/C17H25F3O/c1-4-13(2)5-6-14(3)7-8-15-9-11-16(12-10-15)21-17(18,19)20/h9-14H,4-8H2,1-3H3. The summed E-state index contributed by atoms with van der Waals surface area (Å²) in [5.74, 6) is 1.26. The van der Waals surface area contributed by atoms with Gasteiger partial charge in [-0.3, -0.25) is 0 Å². The zero-order chi connectivity index (χ0) is 15.9. The van der Waals surface area contributed by atoms with Crippen molar-refractivity contribution >= 4 is 0 Å². The van der Waals surface area contributed by atoms with Crippen LogP contribution in [0.2, 0.25) is 0 Å². The molecule has 0 saturated heterocycles. The first-order valence-corrected chi connectivity index (χ1v) is 7.64. The average molecular weight is 302 g/mol. The lowest BCUT2D eigenvalue weighted by molar-refractivity contribution is -0.274. The van der Waals surface area contributed by atoms with E-state index in [2.05, 4.69) is 25.5 Å². The molecule has 1 rings (SSSR count). The van der Waals surface area contributed by atoms with Gasteiger partial charge in [-0.05, 0) is 42.4 Å². The van der Waals surface area contributed by atoms with Gasteiger partial charge in [-0.2, -0.15) is 0 Å². The Morgan fingerprint density at radius 1 is 0.952 bits per heavy atom. The quantitative estimate of drug-likeness (QED) is 0.574. The third-order valence-electron chi connectivity index (χ3n) is 3.93. The summed E-state index contributed by atoms with van der Waals surface area (Å²) >= 11 is 0.